The SMILES string of the molecule is [2H]C([2H])([2H])C(c1ccccc1)(c1ccccc1)c1ccccc1. The minimum atomic E-state index is -2.23. The number of benzene rings is 3. The van der Waals surface area contributed by atoms with Gasteiger partial charge in [0, 0.05) is 9.53 Å². The molecule has 0 aliphatic rings. The largest absolute Gasteiger partial charge is 0.0622 e. The zero-order chi connectivity index (χ0) is 16.3. The molecule has 0 aromatic heterocycles. The second kappa shape index (κ2) is 5.34. The van der Waals surface area contributed by atoms with Gasteiger partial charge in [-0.15, -0.1) is 0 Å². The molecule has 0 N–H and O–H groups in total. The van der Waals surface area contributed by atoms with Crippen LogP contribution in [0.15, 0.2) is 91.0 Å². The third-order valence-corrected chi connectivity index (χ3v) is 3.62. The van der Waals surface area contributed by atoms with Gasteiger partial charge < -0.3 is 0 Å². The smallest absolute Gasteiger partial charge is 0.0423 e. The zero-order valence-corrected chi connectivity index (χ0v) is 11.2. The van der Waals surface area contributed by atoms with Crippen molar-refractivity contribution in [1.82, 2.24) is 0 Å². The Labute approximate surface area is 124 Å². The molecule has 0 aliphatic heterocycles. The Morgan fingerprint density at radius 2 is 0.850 bits per heavy atom. The first-order valence-corrected chi connectivity index (χ1v) is 6.73. The van der Waals surface area contributed by atoms with E-state index in [1.54, 1.807) is 0 Å². The molecular weight excluding hydrogens is 240 g/mol. The van der Waals surface area contributed by atoms with E-state index in [0.717, 1.165) is 16.7 Å². The molecule has 0 heteroatoms. The van der Waals surface area contributed by atoms with Crippen LogP contribution in [0.1, 0.15) is 27.7 Å². The van der Waals surface area contributed by atoms with Crippen molar-refractivity contribution >= 4 is 0 Å². The maximum Gasteiger partial charge on any atom is 0.0423 e. The van der Waals surface area contributed by atoms with E-state index in [4.69, 9.17) is 4.11 Å². The number of hydrogen-bond acceptors (Lipinski definition) is 0. The molecule has 0 unspecified atom stereocenters. The van der Waals surface area contributed by atoms with Crippen molar-refractivity contribution in [2.24, 2.45) is 0 Å². The molecule has 3 rings (SSSR count). The highest BCUT2D eigenvalue weighted by Crippen LogP contribution is 2.38. The van der Waals surface area contributed by atoms with Crippen molar-refractivity contribution in [1.29, 1.82) is 0 Å². The molecule has 0 saturated heterocycles. The summed E-state index contributed by atoms with van der Waals surface area (Å²) in [6, 6.07) is 28.4. The number of hydrogen-bond donors (Lipinski definition) is 0. The molecule has 0 spiro atoms. The average Bonchev–Trinajstić information content (AvgIpc) is 2.57. The normalized spacial score (nSPS) is 14.1. The lowest BCUT2D eigenvalue weighted by Crippen LogP contribution is -2.25. The van der Waals surface area contributed by atoms with Crippen LogP contribution in [-0.2, 0) is 5.41 Å². The summed E-state index contributed by atoms with van der Waals surface area (Å²) in [6.45, 7) is -2.23. The third-order valence-electron chi connectivity index (χ3n) is 3.62. The predicted octanol–water partition coefficient (Wildman–Crippen LogP) is 5.04. The van der Waals surface area contributed by atoms with Crippen LogP contribution in [0.4, 0.5) is 0 Å². The summed E-state index contributed by atoms with van der Waals surface area (Å²) in [5.41, 5.74) is 1.14. The Morgan fingerprint density at radius 1 is 0.550 bits per heavy atom. The molecule has 0 amide bonds. The van der Waals surface area contributed by atoms with E-state index >= 15 is 0 Å². The topological polar surface area (TPSA) is 0 Å². The lowest BCUT2D eigenvalue weighted by atomic mass is 9.71. The van der Waals surface area contributed by atoms with Crippen molar-refractivity contribution in [3.63, 3.8) is 0 Å². The highest BCUT2D eigenvalue weighted by atomic mass is 14.3. The summed E-state index contributed by atoms with van der Waals surface area (Å²) in [6.07, 6.45) is 0. The molecule has 20 heavy (non-hydrogen) atoms. The summed E-state index contributed by atoms with van der Waals surface area (Å²) < 4.78 is 25.1. The Morgan fingerprint density at radius 3 is 1.10 bits per heavy atom. The fourth-order valence-electron chi connectivity index (χ4n) is 2.56. The van der Waals surface area contributed by atoms with E-state index in [1.165, 1.54) is 0 Å². The van der Waals surface area contributed by atoms with Gasteiger partial charge in [-0.1, -0.05) is 91.0 Å². The third kappa shape index (κ3) is 2.14. The van der Waals surface area contributed by atoms with Crippen molar-refractivity contribution < 1.29 is 4.11 Å². The molecule has 0 heterocycles. The molecule has 3 aromatic rings. The van der Waals surface area contributed by atoms with Crippen LogP contribution in [0.5, 0.6) is 0 Å². The van der Waals surface area contributed by atoms with Gasteiger partial charge in [0.15, 0.2) is 0 Å². The molecule has 0 bridgehead atoms. The highest BCUT2D eigenvalue weighted by molar-refractivity contribution is 5.49. The summed E-state index contributed by atoms with van der Waals surface area (Å²) in [4.78, 5) is 0. The van der Waals surface area contributed by atoms with Crippen LogP contribution in [-0.4, -0.2) is 0 Å². The van der Waals surface area contributed by atoms with Crippen molar-refractivity contribution in [3.05, 3.63) is 108 Å². The van der Waals surface area contributed by atoms with E-state index in [0.29, 0.717) is 0 Å². The van der Waals surface area contributed by atoms with E-state index < -0.39 is 12.3 Å². The molecule has 0 saturated carbocycles. The van der Waals surface area contributed by atoms with Gasteiger partial charge in [0.2, 0.25) is 0 Å². The number of rotatable bonds is 3. The summed E-state index contributed by atoms with van der Waals surface area (Å²) in [7, 11) is 0. The standard InChI is InChI=1S/C20H18/c1-20(17-11-5-2-6-12-17,18-13-7-3-8-14-18)19-15-9-4-10-16-19/h2-16H,1H3/i1D3. The van der Waals surface area contributed by atoms with Gasteiger partial charge in [-0.05, 0) is 23.5 Å². The summed E-state index contributed by atoms with van der Waals surface area (Å²) in [5.74, 6) is 0. The van der Waals surface area contributed by atoms with E-state index in [9.17, 15) is 0 Å². The van der Waals surface area contributed by atoms with Crippen molar-refractivity contribution in [2.45, 2.75) is 12.3 Å². The first-order valence-electron chi connectivity index (χ1n) is 8.23. The second-order valence-corrected chi connectivity index (χ2v) is 4.85. The minimum absolute atomic E-state index is 0.775. The lowest BCUT2D eigenvalue weighted by molar-refractivity contribution is 0.692. The molecule has 0 nitrogen and oxygen atoms in total. The molecule has 0 fully saturated rings. The van der Waals surface area contributed by atoms with Crippen LogP contribution >= 0.6 is 0 Å². The van der Waals surface area contributed by atoms with Gasteiger partial charge in [0.05, 0.1) is 0 Å². The van der Waals surface area contributed by atoms with Crippen LogP contribution < -0.4 is 0 Å². The fraction of sp³-hybridized carbons (Fsp3) is 0.100. The van der Waals surface area contributed by atoms with Crippen LogP contribution in [0.25, 0.3) is 0 Å². The van der Waals surface area contributed by atoms with Crippen LogP contribution in [0, 0.1) is 0 Å². The quantitative estimate of drug-likeness (QED) is 0.579. The Bertz CT molecular complexity index is 650. The summed E-state index contributed by atoms with van der Waals surface area (Å²) in [5, 5.41) is 0. The molecule has 3 aromatic carbocycles. The maximum atomic E-state index is 8.38. The van der Waals surface area contributed by atoms with Crippen molar-refractivity contribution in [2.75, 3.05) is 0 Å². The van der Waals surface area contributed by atoms with Gasteiger partial charge in [-0.25, -0.2) is 0 Å². The van der Waals surface area contributed by atoms with Gasteiger partial charge in [-0.2, -0.15) is 0 Å². The zero-order valence-electron chi connectivity index (χ0n) is 14.2. The highest BCUT2D eigenvalue weighted by Gasteiger charge is 2.30. The fourth-order valence-corrected chi connectivity index (χ4v) is 2.56. The Hall–Kier alpha value is -2.34. The second-order valence-electron chi connectivity index (χ2n) is 4.85. The molecule has 0 atom stereocenters. The van der Waals surface area contributed by atoms with Gasteiger partial charge in [-0.3, -0.25) is 0 Å². The van der Waals surface area contributed by atoms with Gasteiger partial charge >= 0.3 is 0 Å². The van der Waals surface area contributed by atoms with Crippen LogP contribution in [0.2, 0.25) is 0 Å². The van der Waals surface area contributed by atoms with E-state index in [2.05, 4.69) is 0 Å². The average molecular weight is 261 g/mol. The summed E-state index contributed by atoms with van der Waals surface area (Å²) >= 11 is 0. The first-order chi connectivity index (χ1) is 11.1. The van der Waals surface area contributed by atoms with E-state index in [1.807, 2.05) is 91.0 Å². The van der Waals surface area contributed by atoms with Crippen LogP contribution in [0.3, 0.4) is 0 Å². The molecule has 0 radical (unpaired) electrons. The minimum Gasteiger partial charge on any atom is -0.0622 e. The predicted molar refractivity (Wildman–Crippen MR) is 84.9 cm³/mol. The van der Waals surface area contributed by atoms with Gasteiger partial charge in [0.25, 0.3) is 0 Å². The monoisotopic (exact) mass is 261 g/mol. The van der Waals surface area contributed by atoms with Crippen molar-refractivity contribution in [3.8, 4) is 0 Å². The molecule has 98 valence electrons. The first kappa shape index (κ1) is 9.55. The molecular formula is C20H18. The Kier molecular flexibility index (Phi) is 2.55. The molecule has 0 aliphatic carbocycles. The van der Waals surface area contributed by atoms with E-state index in [-0.39, 0.29) is 0 Å². The maximum absolute atomic E-state index is 8.38. The Balaban J connectivity index is 2.41. The van der Waals surface area contributed by atoms with Gasteiger partial charge in [0.1, 0.15) is 0 Å². The lowest BCUT2D eigenvalue weighted by Gasteiger charge is -2.31.